The van der Waals surface area contributed by atoms with Crippen LogP contribution in [0.25, 0.3) is 0 Å². The fourth-order valence-corrected chi connectivity index (χ4v) is 1.92. The highest BCUT2D eigenvalue weighted by molar-refractivity contribution is 6.58. The van der Waals surface area contributed by atoms with Crippen molar-refractivity contribution in [1.82, 2.24) is 0 Å². The quantitative estimate of drug-likeness (QED) is 0.664. The summed E-state index contributed by atoms with van der Waals surface area (Å²) in [5, 5.41) is 18.3. The Morgan fingerprint density at radius 2 is 2.00 bits per heavy atom. The lowest BCUT2D eigenvalue weighted by Gasteiger charge is -2.07. The second-order valence-corrected chi connectivity index (χ2v) is 4.76. The van der Waals surface area contributed by atoms with Gasteiger partial charge in [0.25, 0.3) is 0 Å². The zero-order valence-corrected chi connectivity index (χ0v) is 11.5. The summed E-state index contributed by atoms with van der Waals surface area (Å²) >= 11 is 5.80. The minimum Gasteiger partial charge on any atom is -0.457 e. The van der Waals surface area contributed by atoms with Gasteiger partial charge >= 0.3 is 13.1 Å². The monoisotopic (exact) mass is 308 g/mol. The molecule has 0 heterocycles. The standard InChI is InChI=1S/C14H11BClFO4/c16-11-3-1-2-9(6-11)8-21-14(18)12-5-4-10(15(19)20)7-13(12)17/h1-7,19-20H,8H2. The molecule has 0 fully saturated rings. The molecular formula is C14H11BClFO4. The van der Waals surface area contributed by atoms with Crippen LogP contribution in [-0.2, 0) is 11.3 Å². The van der Waals surface area contributed by atoms with Gasteiger partial charge in [-0.1, -0.05) is 29.8 Å². The van der Waals surface area contributed by atoms with Crippen molar-refractivity contribution in [1.29, 1.82) is 0 Å². The maximum Gasteiger partial charge on any atom is 0.488 e. The molecule has 0 atom stereocenters. The van der Waals surface area contributed by atoms with Gasteiger partial charge in [-0.2, -0.15) is 0 Å². The van der Waals surface area contributed by atoms with Crippen molar-refractivity contribution in [2.45, 2.75) is 6.61 Å². The van der Waals surface area contributed by atoms with E-state index in [2.05, 4.69) is 0 Å². The van der Waals surface area contributed by atoms with Crippen molar-refractivity contribution in [3.63, 3.8) is 0 Å². The van der Waals surface area contributed by atoms with Gasteiger partial charge in [-0.15, -0.1) is 0 Å². The van der Waals surface area contributed by atoms with Crippen LogP contribution in [0.2, 0.25) is 5.02 Å². The van der Waals surface area contributed by atoms with Gasteiger partial charge in [0.15, 0.2) is 0 Å². The van der Waals surface area contributed by atoms with Gasteiger partial charge in [-0.3, -0.25) is 0 Å². The van der Waals surface area contributed by atoms with Crippen molar-refractivity contribution < 1.29 is 24.0 Å². The van der Waals surface area contributed by atoms with Crippen LogP contribution in [-0.4, -0.2) is 23.1 Å². The van der Waals surface area contributed by atoms with Gasteiger partial charge in [0, 0.05) is 5.02 Å². The largest absolute Gasteiger partial charge is 0.488 e. The van der Waals surface area contributed by atoms with E-state index >= 15 is 0 Å². The molecule has 0 aliphatic heterocycles. The number of carbonyl (C=O) groups is 1. The lowest BCUT2D eigenvalue weighted by atomic mass is 9.80. The normalized spacial score (nSPS) is 10.3. The summed E-state index contributed by atoms with van der Waals surface area (Å²) < 4.78 is 18.7. The zero-order valence-electron chi connectivity index (χ0n) is 10.8. The SMILES string of the molecule is O=C(OCc1cccc(Cl)c1)c1ccc(B(O)O)cc1F. The Bertz CT molecular complexity index is 663. The molecule has 2 aromatic carbocycles. The number of carbonyl (C=O) groups excluding carboxylic acids is 1. The highest BCUT2D eigenvalue weighted by atomic mass is 35.5. The first-order valence-corrected chi connectivity index (χ1v) is 6.42. The Kier molecular flexibility index (Phi) is 4.96. The van der Waals surface area contributed by atoms with E-state index in [9.17, 15) is 9.18 Å². The number of benzene rings is 2. The summed E-state index contributed by atoms with van der Waals surface area (Å²) in [4.78, 5) is 11.8. The van der Waals surface area contributed by atoms with Crippen molar-refractivity contribution in [3.05, 3.63) is 64.4 Å². The fraction of sp³-hybridized carbons (Fsp3) is 0.0714. The molecule has 0 amide bonds. The van der Waals surface area contributed by atoms with Gasteiger partial charge in [-0.05, 0) is 35.3 Å². The second-order valence-electron chi connectivity index (χ2n) is 4.32. The Balaban J connectivity index is 2.07. The van der Waals surface area contributed by atoms with E-state index in [0.717, 1.165) is 12.1 Å². The second kappa shape index (κ2) is 6.71. The number of rotatable bonds is 4. The molecule has 21 heavy (non-hydrogen) atoms. The van der Waals surface area contributed by atoms with Gasteiger partial charge in [-0.25, -0.2) is 9.18 Å². The molecule has 0 bridgehead atoms. The number of ether oxygens (including phenoxy) is 1. The molecule has 0 saturated carbocycles. The summed E-state index contributed by atoms with van der Waals surface area (Å²) in [5.74, 6) is -1.72. The minimum atomic E-state index is -1.80. The molecule has 7 heteroatoms. The van der Waals surface area contributed by atoms with Gasteiger partial charge in [0.2, 0.25) is 0 Å². The Hall–Kier alpha value is -1.89. The van der Waals surface area contributed by atoms with Crippen LogP contribution >= 0.6 is 11.6 Å². The van der Waals surface area contributed by atoms with Gasteiger partial charge in [0.05, 0.1) is 5.56 Å². The topological polar surface area (TPSA) is 66.8 Å². The molecule has 0 aliphatic rings. The van der Waals surface area contributed by atoms with Crippen molar-refractivity contribution >= 4 is 30.2 Å². The van der Waals surface area contributed by atoms with Crippen LogP contribution in [0, 0.1) is 5.82 Å². The Morgan fingerprint density at radius 3 is 2.62 bits per heavy atom. The maximum atomic E-state index is 13.7. The molecular weight excluding hydrogens is 297 g/mol. The number of hydrogen-bond donors (Lipinski definition) is 2. The lowest BCUT2D eigenvalue weighted by Crippen LogP contribution is -2.30. The molecule has 2 N–H and O–H groups in total. The molecule has 0 aliphatic carbocycles. The number of halogens is 2. The fourth-order valence-electron chi connectivity index (χ4n) is 1.71. The summed E-state index contributed by atoms with van der Waals surface area (Å²) in [6, 6.07) is 10.0. The van der Waals surface area contributed by atoms with Crippen LogP contribution in [0.1, 0.15) is 15.9 Å². The summed E-state index contributed by atoms with van der Waals surface area (Å²) in [5.41, 5.74) is 0.360. The molecule has 0 spiro atoms. The molecule has 0 unspecified atom stereocenters. The first kappa shape index (κ1) is 15.5. The molecule has 4 nitrogen and oxygen atoms in total. The highest BCUT2D eigenvalue weighted by Gasteiger charge is 2.18. The lowest BCUT2D eigenvalue weighted by molar-refractivity contribution is 0.0467. The van der Waals surface area contributed by atoms with E-state index in [1.54, 1.807) is 24.3 Å². The molecule has 108 valence electrons. The average Bonchev–Trinajstić information content (AvgIpc) is 2.44. The highest BCUT2D eigenvalue weighted by Crippen LogP contribution is 2.13. The Morgan fingerprint density at radius 1 is 1.24 bits per heavy atom. The molecule has 0 radical (unpaired) electrons. The van der Waals surface area contributed by atoms with Crippen LogP contribution < -0.4 is 5.46 Å². The Labute approximate surface area is 125 Å². The smallest absolute Gasteiger partial charge is 0.457 e. The predicted molar refractivity (Wildman–Crippen MR) is 76.8 cm³/mol. The third-order valence-corrected chi connectivity index (χ3v) is 3.01. The number of hydrogen-bond acceptors (Lipinski definition) is 4. The summed E-state index contributed by atoms with van der Waals surface area (Å²) in [7, 11) is -1.80. The first-order chi connectivity index (χ1) is 9.97. The van der Waals surface area contributed by atoms with Crippen LogP contribution in [0.15, 0.2) is 42.5 Å². The number of esters is 1. The predicted octanol–water partition coefficient (Wildman–Crippen LogP) is 1.52. The van der Waals surface area contributed by atoms with Crippen molar-refractivity contribution in [3.8, 4) is 0 Å². The van der Waals surface area contributed by atoms with E-state index in [4.69, 9.17) is 26.4 Å². The average molecular weight is 309 g/mol. The van der Waals surface area contributed by atoms with Crippen molar-refractivity contribution in [2.75, 3.05) is 0 Å². The van der Waals surface area contributed by atoms with E-state index in [1.807, 2.05) is 0 Å². The summed E-state index contributed by atoms with van der Waals surface area (Å²) in [6.07, 6.45) is 0. The van der Waals surface area contributed by atoms with E-state index < -0.39 is 18.9 Å². The first-order valence-electron chi connectivity index (χ1n) is 6.04. The zero-order chi connectivity index (χ0) is 15.4. The van der Waals surface area contributed by atoms with E-state index in [-0.39, 0.29) is 17.6 Å². The van der Waals surface area contributed by atoms with Crippen LogP contribution in [0.4, 0.5) is 4.39 Å². The van der Waals surface area contributed by atoms with Gasteiger partial charge < -0.3 is 14.8 Å². The van der Waals surface area contributed by atoms with Gasteiger partial charge in [0.1, 0.15) is 12.4 Å². The molecule has 2 aromatic rings. The molecule has 2 rings (SSSR count). The van der Waals surface area contributed by atoms with Crippen LogP contribution in [0.3, 0.4) is 0 Å². The summed E-state index contributed by atoms with van der Waals surface area (Å²) in [6.45, 7) is -0.0385. The van der Waals surface area contributed by atoms with Crippen molar-refractivity contribution in [2.24, 2.45) is 0 Å². The third-order valence-electron chi connectivity index (χ3n) is 2.77. The van der Waals surface area contributed by atoms with E-state index in [0.29, 0.717) is 10.6 Å². The van der Waals surface area contributed by atoms with E-state index in [1.165, 1.54) is 6.07 Å². The molecule has 0 aromatic heterocycles. The third kappa shape index (κ3) is 4.04. The van der Waals surface area contributed by atoms with Crippen LogP contribution in [0.5, 0.6) is 0 Å². The maximum absolute atomic E-state index is 13.7. The molecule has 0 saturated heterocycles. The minimum absolute atomic E-state index is 0.0385.